The fourth-order valence-electron chi connectivity index (χ4n) is 1.79. The molecular weight excluding hydrogens is 258 g/mol. The van der Waals surface area contributed by atoms with Crippen LogP contribution >= 0.6 is 11.8 Å². The van der Waals surface area contributed by atoms with Crippen molar-refractivity contribution >= 4 is 28.3 Å². The van der Waals surface area contributed by atoms with E-state index in [1.807, 2.05) is 26.2 Å². The van der Waals surface area contributed by atoms with Crippen LogP contribution in [0.1, 0.15) is 5.56 Å². The second kappa shape index (κ2) is 5.97. The number of carbonyl (C=O) groups is 1. The molecule has 1 aliphatic rings. The molecule has 0 saturated heterocycles. The van der Waals surface area contributed by atoms with Crippen LogP contribution in [0.25, 0.3) is 4.91 Å². The van der Waals surface area contributed by atoms with Gasteiger partial charge in [0.25, 0.3) is 0 Å². The zero-order valence-corrected chi connectivity index (χ0v) is 12.2. The predicted molar refractivity (Wildman–Crippen MR) is 81.3 cm³/mol. The maximum Gasteiger partial charge on any atom is 0.334 e. The van der Waals surface area contributed by atoms with E-state index in [9.17, 15) is 4.79 Å². The number of nitrogens with zero attached hydrogens (tertiary/aromatic N) is 1. The van der Waals surface area contributed by atoms with E-state index < -0.39 is 0 Å². The third-order valence-electron chi connectivity index (χ3n) is 2.93. The van der Waals surface area contributed by atoms with Crippen LogP contribution in [0.3, 0.4) is 0 Å². The Morgan fingerprint density at radius 2 is 1.89 bits per heavy atom. The number of rotatable bonds is 3. The number of methoxy groups -OCH3 is 1. The normalized spacial score (nSPS) is 14.5. The molecule has 0 saturated carbocycles. The Kier molecular flexibility index (Phi) is 4.32. The van der Waals surface area contributed by atoms with E-state index in [-0.39, 0.29) is 5.97 Å². The van der Waals surface area contributed by atoms with Gasteiger partial charge in [-0.05, 0) is 29.8 Å². The van der Waals surface area contributed by atoms with Crippen molar-refractivity contribution in [2.24, 2.45) is 0 Å². The molecular formula is C15H17NO2S. The number of thioether (sulfide) groups is 1. The van der Waals surface area contributed by atoms with Crippen LogP contribution in [-0.4, -0.2) is 32.9 Å². The summed E-state index contributed by atoms with van der Waals surface area (Å²) < 4.78 is 4.72. The van der Waals surface area contributed by atoms with Gasteiger partial charge in [0.05, 0.1) is 7.11 Å². The minimum atomic E-state index is -0.245. The van der Waals surface area contributed by atoms with Crippen LogP contribution in [0.15, 0.2) is 42.0 Å². The topological polar surface area (TPSA) is 29.5 Å². The van der Waals surface area contributed by atoms with E-state index in [0.29, 0.717) is 11.3 Å². The summed E-state index contributed by atoms with van der Waals surface area (Å²) in [6.07, 6.45) is 3.82. The van der Waals surface area contributed by atoms with E-state index in [1.165, 1.54) is 23.3 Å². The highest BCUT2D eigenvalue weighted by atomic mass is 32.2. The Morgan fingerprint density at radius 3 is 2.37 bits per heavy atom. The third kappa shape index (κ3) is 3.20. The Balaban J connectivity index is 2.17. The summed E-state index contributed by atoms with van der Waals surface area (Å²) in [6, 6.07) is 8.39. The van der Waals surface area contributed by atoms with Crippen LogP contribution in [-0.2, 0) is 9.53 Å². The molecule has 1 aromatic rings. The van der Waals surface area contributed by atoms with Crippen molar-refractivity contribution in [2.75, 3.05) is 31.9 Å². The van der Waals surface area contributed by atoms with Crippen molar-refractivity contribution in [2.45, 2.75) is 0 Å². The van der Waals surface area contributed by atoms with Crippen LogP contribution in [0.4, 0.5) is 5.69 Å². The minimum absolute atomic E-state index is 0.245. The van der Waals surface area contributed by atoms with Crippen LogP contribution in [0.5, 0.6) is 0 Å². The third-order valence-corrected chi connectivity index (χ3v) is 4.07. The number of benzene rings is 1. The molecule has 0 spiro atoms. The number of anilines is 1. The van der Waals surface area contributed by atoms with Gasteiger partial charge < -0.3 is 9.64 Å². The van der Waals surface area contributed by atoms with Crippen molar-refractivity contribution in [3.05, 3.63) is 47.6 Å². The summed E-state index contributed by atoms with van der Waals surface area (Å²) in [4.78, 5) is 14.6. The Labute approximate surface area is 117 Å². The zero-order valence-electron chi connectivity index (χ0n) is 11.3. The highest BCUT2D eigenvalue weighted by molar-refractivity contribution is 8.08. The molecule has 1 aromatic carbocycles. The molecule has 19 heavy (non-hydrogen) atoms. The number of hydrogen-bond donors (Lipinski definition) is 0. The molecule has 3 nitrogen and oxygen atoms in total. The predicted octanol–water partition coefficient (Wildman–Crippen LogP) is 2.94. The van der Waals surface area contributed by atoms with Gasteiger partial charge in [-0.15, -0.1) is 11.8 Å². The van der Waals surface area contributed by atoms with Gasteiger partial charge in [0.2, 0.25) is 0 Å². The summed E-state index contributed by atoms with van der Waals surface area (Å²) in [7, 11) is 5.46. The van der Waals surface area contributed by atoms with Gasteiger partial charge in [-0.2, -0.15) is 0 Å². The average Bonchev–Trinajstić information content (AvgIpc) is 2.46. The smallest absolute Gasteiger partial charge is 0.334 e. The van der Waals surface area contributed by atoms with Crippen molar-refractivity contribution < 1.29 is 9.53 Å². The molecule has 0 atom stereocenters. The Bertz CT molecular complexity index is 530. The van der Waals surface area contributed by atoms with E-state index in [0.717, 1.165) is 0 Å². The fourth-order valence-corrected chi connectivity index (χ4v) is 2.78. The molecule has 2 rings (SSSR count). The maximum atomic E-state index is 11.4. The van der Waals surface area contributed by atoms with Gasteiger partial charge in [-0.25, -0.2) is 4.79 Å². The molecule has 0 aliphatic carbocycles. The summed E-state index contributed by atoms with van der Waals surface area (Å²) in [6.45, 7) is 0. The zero-order chi connectivity index (χ0) is 13.8. The largest absolute Gasteiger partial charge is 0.466 e. The molecule has 100 valence electrons. The number of esters is 1. The summed E-state index contributed by atoms with van der Waals surface area (Å²) in [5.74, 6) is 0.416. The van der Waals surface area contributed by atoms with E-state index >= 15 is 0 Å². The lowest BCUT2D eigenvalue weighted by Crippen LogP contribution is -2.09. The maximum absolute atomic E-state index is 11.4. The monoisotopic (exact) mass is 275 g/mol. The van der Waals surface area contributed by atoms with Crippen LogP contribution in [0, 0.1) is 0 Å². The molecule has 0 aromatic heterocycles. The lowest BCUT2D eigenvalue weighted by atomic mass is 10.1. The Hall–Kier alpha value is -1.68. The molecule has 0 amide bonds. The van der Waals surface area contributed by atoms with Gasteiger partial charge in [0, 0.05) is 36.0 Å². The number of hydrogen-bond acceptors (Lipinski definition) is 4. The van der Waals surface area contributed by atoms with Crippen LogP contribution in [0.2, 0.25) is 0 Å². The second-order valence-corrected chi connectivity index (χ2v) is 5.46. The quantitative estimate of drug-likeness (QED) is 0.793. The second-order valence-electron chi connectivity index (χ2n) is 4.44. The van der Waals surface area contributed by atoms with Gasteiger partial charge in [0.15, 0.2) is 0 Å². The lowest BCUT2D eigenvalue weighted by molar-refractivity contribution is -0.135. The minimum Gasteiger partial charge on any atom is -0.466 e. The highest BCUT2D eigenvalue weighted by Gasteiger charge is 2.15. The fraction of sp³-hybridized carbons (Fsp3) is 0.267. The first kappa shape index (κ1) is 13.7. The van der Waals surface area contributed by atoms with Crippen molar-refractivity contribution in [1.82, 2.24) is 0 Å². The van der Waals surface area contributed by atoms with E-state index in [4.69, 9.17) is 4.74 Å². The number of carbonyl (C=O) groups excluding carboxylic acids is 1. The van der Waals surface area contributed by atoms with Gasteiger partial charge in [0.1, 0.15) is 0 Å². The van der Waals surface area contributed by atoms with Crippen molar-refractivity contribution in [1.29, 1.82) is 0 Å². The molecule has 1 heterocycles. The van der Waals surface area contributed by atoms with E-state index in [2.05, 4.69) is 29.2 Å². The first-order chi connectivity index (χ1) is 9.11. The molecule has 0 unspecified atom stereocenters. The molecule has 1 aliphatic heterocycles. The standard InChI is InChI=1S/C15H17NO2S/c1-16(2)13-7-4-11(5-8-13)14-9-6-12(10-19-14)15(17)18-3/h4-9H,10H2,1-3H3. The average molecular weight is 275 g/mol. The summed E-state index contributed by atoms with van der Waals surface area (Å²) >= 11 is 1.66. The van der Waals surface area contributed by atoms with Gasteiger partial charge in [-0.1, -0.05) is 12.1 Å². The molecule has 0 radical (unpaired) electrons. The van der Waals surface area contributed by atoms with Crippen LogP contribution < -0.4 is 4.90 Å². The molecule has 0 fully saturated rings. The first-order valence-electron chi connectivity index (χ1n) is 6.01. The first-order valence-corrected chi connectivity index (χ1v) is 7.00. The summed E-state index contributed by atoms with van der Waals surface area (Å²) in [5, 5.41) is 0. The van der Waals surface area contributed by atoms with Crippen molar-refractivity contribution in [3.8, 4) is 0 Å². The molecule has 4 heteroatoms. The molecule has 0 N–H and O–H groups in total. The van der Waals surface area contributed by atoms with Crippen molar-refractivity contribution in [3.63, 3.8) is 0 Å². The summed E-state index contributed by atoms with van der Waals surface area (Å²) in [5.41, 5.74) is 3.06. The van der Waals surface area contributed by atoms with E-state index in [1.54, 1.807) is 11.8 Å². The SMILES string of the molecule is COC(=O)C1=CC=C(c2ccc(N(C)C)cc2)SC1. The van der Waals surface area contributed by atoms with Gasteiger partial charge >= 0.3 is 5.97 Å². The molecule has 0 bridgehead atoms. The Morgan fingerprint density at radius 1 is 1.21 bits per heavy atom. The van der Waals surface area contributed by atoms with Gasteiger partial charge in [-0.3, -0.25) is 0 Å². The number of ether oxygens (including phenoxy) is 1. The number of allylic oxidation sites excluding steroid dienone is 2. The highest BCUT2D eigenvalue weighted by Crippen LogP contribution is 2.33. The lowest BCUT2D eigenvalue weighted by Gasteiger charge is -2.15.